The third kappa shape index (κ3) is 5.26. The normalized spacial score (nSPS) is 11.8. The van der Waals surface area contributed by atoms with Gasteiger partial charge in [-0.1, -0.05) is 54.2 Å². The van der Waals surface area contributed by atoms with Crippen molar-refractivity contribution in [2.45, 2.75) is 30.9 Å². The van der Waals surface area contributed by atoms with Crippen LogP contribution < -0.4 is 10.1 Å². The molecule has 0 spiro atoms. The first-order valence-corrected chi connectivity index (χ1v) is 11.4. The first-order valence-electron chi connectivity index (χ1n) is 10.5. The Hall–Kier alpha value is -3.72. The van der Waals surface area contributed by atoms with E-state index in [9.17, 15) is 13.6 Å². The molecule has 1 unspecified atom stereocenters. The van der Waals surface area contributed by atoms with Crippen LogP contribution in [0.3, 0.4) is 0 Å². The van der Waals surface area contributed by atoms with Gasteiger partial charge in [0, 0.05) is 5.69 Å². The van der Waals surface area contributed by atoms with Crippen LogP contribution in [0.1, 0.15) is 18.3 Å². The van der Waals surface area contributed by atoms with Crippen molar-refractivity contribution in [3.05, 3.63) is 95.8 Å². The number of nitrogens with zero attached hydrogens (tertiary/aromatic N) is 3. The minimum absolute atomic E-state index is 0.161. The van der Waals surface area contributed by atoms with E-state index in [1.807, 2.05) is 61.5 Å². The molecule has 174 valence electrons. The molecule has 0 radical (unpaired) electrons. The van der Waals surface area contributed by atoms with Gasteiger partial charge in [-0.2, -0.15) is 0 Å². The minimum atomic E-state index is -0.839. The molecule has 0 saturated carbocycles. The van der Waals surface area contributed by atoms with E-state index >= 15 is 0 Å². The molecule has 1 aromatic heterocycles. The maximum absolute atomic E-state index is 13.9. The van der Waals surface area contributed by atoms with Crippen LogP contribution >= 0.6 is 11.8 Å². The number of rotatable bonds is 8. The van der Waals surface area contributed by atoms with E-state index in [1.54, 1.807) is 11.5 Å². The lowest BCUT2D eigenvalue weighted by Gasteiger charge is -2.15. The molecule has 4 rings (SSSR count). The van der Waals surface area contributed by atoms with E-state index in [0.29, 0.717) is 11.0 Å². The highest BCUT2D eigenvalue weighted by Gasteiger charge is 2.23. The van der Waals surface area contributed by atoms with Gasteiger partial charge in [0.25, 0.3) is 0 Å². The van der Waals surface area contributed by atoms with Gasteiger partial charge in [0.15, 0.2) is 11.0 Å². The first kappa shape index (κ1) is 23.4. The van der Waals surface area contributed by atoms with Crippen LogP contribution in [0.2, 0.25) is 0 Å². The number of nitrogens with one attached hydrogen (secondary N) is 1. The molecule has 6 nitrogen and oxygen atoms in total. The van der Waals surface area contributed by atoms with Crippen molar-refractivity contribution >= 4 is 23.4 Å². The summed E-state index contributed by atoms with van der Waals surface area (Å²) in [6.45, 7) is 3.75. The lowest BCUT2D eigenvalue weighted by atomic mass is 10.2. The van der Waals surface area contributed by atoms with Crippen LogP contribution in [-0.2, 0) is 11.4 Å². The first-order chi connectivity index (χ1) is 16.4. The summed E-state index contributed by atoms with van der Waals surface area (Å²) < 4.78 is 35.6. The number of thioether (sulfide) groups is 1. The van der Waals surface area contributed by atoms with Gasteiger partial charge in [0.2, 0.25) is 5.91 Å². The molecule has 1 amide bonds. The maximum atomic E-state index is 13.9. The zero-order chi connectivity index (χ0) is 24.1. The number of aromatic nitrogens is 3. The molecule has 0 aliphatic rings. The number of amides is 1. The smallest absolute Gasteiger partial charge is 0.237 e. The quantitative estimate of drug-likeness (QED) is 0.335. The standard InChI is InChI=1S/C25H22F2N4O2S/c1-16-9-6-7-14-21(16)33-15-22-29-30-25(31(22)18-10-4-3-5-11-18)34-17(2)24(32)28-23-19(26)12-8-13-20(23)27/h3-14,17H,15H2,1-2H3,(H,28,32). The minimum Gasteiger partial charge on any atom is -0.485 e. The summed E-state index contributed by atoms with van der Waals surface area (Å²) in [5.41, 5.74) is 1.32. The molecule has 0 aliphatic heterocycles. The van der Waals surface area contributed by atoms with Crippen molar-refractivity contribution in [3.8, 4) is 11.4 Å². The van der Waals surface area contributed by atoms with Gasteiger partial charge >= 0.3 is 0 Å². The summed E-state index contributed by atoms with van der Waals surface area (Å²) in [5, 5.41) is 10.6. The second kappa shape index (κ2) is 10.5. The van der Waals surface area contributed by atoms with Gasteiger partial charge in [0.1, 0.15) is 29.7 Å². The van der Waals surface area contributed by atoms with Gasteiger partial charge in [-0.15, -0.1) is 10.2 Å². The number of aryl methyl sites for hydroxylation is 1. The van der Waals surface area contributed by atoms with Crippen molar-refractivity contribution in [2.24, 2.45) is 0 Å². The highest BCUT2D eigenvalue weighted by molar-refractivity contribution is 8.00. The Morgan fingerprint density at radius 2 is 1.68 bits per heavy atom. The molecule has 1 atom stereocenters. The number of para-hydroxylation sites is 3. The molecular formula is C25H22F2N4O2S. The summed E-state index contributed by atoms with van der Waals surface area (Å²) in [6.07, 6.45) is 0. The van der Waals surface area contributed by atoms with Crippen molar-refractivity contribution in [1.82, 2.24) is 14.8 Å². The van der Waals surface area contributed by atoms with Crippen LogP contribution in [0.4, 0.5) is 14.5 Å². The van der Waals surface area contributed by atoms with Crippen molar-refractivity contribution in [1.29, 1.82) is 0 Å². The number of halogens is 2. The van der Waals surface area contributed by atoms with Crippen LogP contribution in [0, 0.1) is 18.6 Å². The van der Waals surface area contributed by atoms with Gasteiger partial charge in [-0.25, -0.2) is 8.78 Å². The largest absolute Gasteiger partial charge is 0.485 e. The fourth-order valence-electron chi connectivity index (χ4n) is 3.22. The third-order valence-electron chi connectivity index (χ3n) is 5.03. The Labute approximate surface area is 200 Å². The molecule has 0 saturated heterocycles. The van der Waals surface area contributed by atoms with Crippen molar-refractivity contribution < 1.29 is 18.3 Å². The Morgan fingerprint density at radius 3 is 2.38 bits per heavy atom. The van der Waals surface area contributed by atoms with E-state index in [4.69, 9.17) is 4.74 Å². The summed E-state index contributed by atoms with van der Waals surface area (Å²) >= 11 is 1.13. The van der Waals surface area contributed by atoms with E-state index in [1.165, 1.54) is 6.07 Å². The SMILES string of the molecule is Cc1ccccc1OCc1nnc(SC(C)C(=O)Nc2c(F)cccc2F)n1-c1ccccc1. The van der Waals surface area contributed by atoms with Crippen LogP contribution in [0.5, 0.6) is 5.75 Å². The van der Waals surface area contributed by atoms with E-state index in [2.05, 4.69) is 15.5 Å². The lowest BCUT2D eigenvalue weighted by molar-refractivity contribution is -0.115. The van der Waals surface area contributed by atoms with Crippen molar-refractivity contribution in [3.63, 3.8) is 0 Å². The number of carbonyl (C=O) groups excluding carboxylic acids is 1. The summed E-state index contributed by atoms with van der Waals surface area (Å²) in [6, 6.07) is 20.5. The fraction of sp³-hybridized carbons (Fsp3) is 0.160. The summed E-state index contributed by atoms with van der Waals surface area (Å²) in [5.74, 6) is -0.958. The molecular weight excluding hydrogens is 458 g/mol. The zero-order valence-corrected chi connectivity index (χ0v) is 19.4. The van der Waals surface area contributed by atoms with E-state index < -0.39 is 28.5 Å². The van der Waals surface area contributed by atoms with Gasteiger partial charge in [-0.3, -0.25) is 9.36 Å². The summed E-state index contributed by atoms with van der Waals surface area (Å²) in [7, 11) is 0. The molecule has 0 bridgehead atoms. The number of hydrogen-bond acceptors (Lipinski definition) is 5. The second-order valence-electron chi connectivity index (χ2n) is 7.47. The molecule has 3 aromatic carbocycles. The second-order valence-corrected chi connectivity index (χ2v) is 8.78. The van der Waals surface area contributed by atoms with Gasteiger partial charge < -0.3 is 10.1 Å². The van der Waals surface area contributed by atoms with Gasteiger partial charge in [0.05, 0.1) is 5.25 Å². The third-order valence-corrected chi connectivity index (χ3v) is 6.07. The number of carbonyl (C=O) groups is 1. The van der Waals surface area contributed by atoms with E-state index in [0.717, 1.165) is 40.9 Å². The lowest BCUT2D eigenvalue weighted by Crippen LogP contribution is -2.24. The Balaban J connectivity index is 1.56. The Morgan fingerprint density at radius 1 is 1.00 bits per heavy atom. The molecule has 9 heteroatoms. The highest BCUT2D eigenvalue weighted by Crippen LogP contribution is 2.28. The monoisotopic (exact) mass is 480 g/mol. The fourth-order valence-corrected chi connectivity index (χ4v) is 4.11. The van der Waals surface area contributed by atoms with E-state index in [-0.39, 0.29) is 6.61 Å². The zero-order valence-electron chi connectivity index (χ0n) is 18.5. The average molecular weight is 481 g/mol. The van der Waals surface area contributed by atoms with Crippen LogP contribution in [-0.4, -0.2) is 25.9 Å². The molecule has 1 N–H and O–H groups in total. The number of benzene rings is 3. The topological polar surface area (TPSA) is 69.0 Å². The number of hydrogen-bond donors (Lipinski definition) is 1. The molecule has 0 aliphatic carbocycles. The number of anilines is 1. The predicted molar refractivity (Wildman–Crippen MR) is 127 cm³/mol. The maximum Gasteiger partial charge on any atom is 0.237 e. The average Bonchev–Trinajstić information content (AvgIpc) is 3.23. The van der Waals surface area contributed by atoms with Gasteiger partial charge in [-0.05, 0) is 49.7 Å². The molecule has 1 heterocycles. The predicted octanol–water partition coefficient (Wildman–Crippen LogP) is 5.55. The highest BCUT2D eigenvalue weighted by atomic mass is 32.2. The van der Waals surface area contributed by atoms with Crippen LogP contribution in [0.15, 0.2) is 78.0 Å². The van der Waals surface area contributed by atoms with Crippen LogP contribution in [0.25, 0.3) is 5.69 Å². The molecule has 4 aromatic rings. The molecule has 34 heavy (non-hydrogen) atoms. The molecule has 0 fully saturated rings. The summed E-state index contributed by atoms with van der Waals surface area (Å²) in [4.78, 5) is 12.7. The Bertz CT molecular complexity index is 1280. The van der Waals surface area contributed by atoms with Crippen molar-refractivity contribution in [2.75, 3.05) is 5.32 Å². The Kier molecular flexibility index (Phi) is 7.22. The number of ether oxygens (including phenoxy) is 1.